The first kappa shape index (κ1) is 16.2. The van der Waals surface area contributed by atoms with E-state index in [1.165, 1.54) is 13.1 Å². The van der Waals surface area contributed by atoms with Gasteiger partial charge in [-0.05, 0) is 54.1 Å². The highest BCUT2D eigenvalue weighted by molar-refractivity contribution is 5.91. The van der Waals surface area contributed by atoms with Crippen LogP contribution in [0.15, 0.2) is 53.6 Å². The van der Waals surface area contributed by atoms with Gasteiger partial charge in [0.1, 0.15) is 11.5 Å². The standard InChI is InChI=1S/C17H16N2O4/c1-12(20)19-18-11-13-3-7-16(8-4-13)23-17(21)14-5-9-15(22-2)10-6-14/h3-11H,1-2H3,(H,19,20)/b18-11+. The molecule has 0 aliphatic heterocycles. The Kier molecular flexibility index (Phi) is 5.46. The minimum absolute atomic E-state index is 0.244. The van der Waals surface area contributed by atoms with Gasteiger partial charge in [0.05, 0.1) is 18.9 Å². The molecule has 0 spiro atoms. The zero-order chi connectivity index (χ0) is 16.7. The van der Waals surface area contributed by atoms with Crippen molar-refractivity contribution in [3.05, 3.63) is 59.7 Å². The van der Waals surface area contributed by atoms with Gasteiger partial charge in [0.15, 0.2) is 0 Å². The van der Waals surface area contributed by atoms with Crippen LogP contribution >= 0.6 is 0 Å². The summed E-state index contributed by atoms with van der Waals surface area (Å²) >= 11 is 0. The average molecular weight is 312 g/mol. The van der Waals surface area contributed by atoms with Gasteiger partial charge in [-0.15, -0.1) is 0 Å². The molecule has 0 bridgehead atoms. The molecule has 118 valence electrons. The summed E-state index contributed by atoms with van der Waals surface area (Å²) in [6.45, 7) is 1.37. The van der Waals surface area contributed by atoms with Crippen LogP contribution in [-0.4, -0.2) is 25.2 Å². The van der Waals surface area contributed by atoms with Crippen LogP contribution in [0.2, 0.25) is 0 Å². The van der Waals surface area contributed by atoms with Crippen LogP contribution in [0.5, 0.6) is 11.5 Å². The number of esters is 1. The minimum Gasteiger partial charge on any atom is -0.497 e. The number of carbonyl (C=O) groups excluding carboxylic acids is 2. The third-order valence-electron chi connectivity index (χ3n) is 2.85. The summed E-state index contributed by atoms with van der Waals surface area (Å²) in [6, 6.07) is 13.4. The second-order valence-electron chi connectivity index (χ2n) is 4.61. The summed E-state index contributed by atoms with van der Waals surface area (Å²) in [5.74, 6) is 0.394. The molecule has 0 radical (unpaired) electrons. The monoisotopic (exact) mass is 312 g/mol. The van der Waals surface area contributed by atoms with Crippen molar-refractivity contribution in [2.75, 3.05) is 7.11 Å². The summed E-state index contributed by atoms with van der Waals surface area (Å²) in [5.41, 5.74) is 3.51. The second-order valence-corrected chi connectivity index (χ2v) is 4.61. The fourth-order valence-electron chi connectivity index (χ4n) is 1.71. The molecule has 0 saturated carbocycles. The highest BCUT2D eigenvalue weighted by Gasteiger charge is 2.08. The predicted molar refractivity (Wildman–Crippen MR) is 85.8 cm³/mol. The molecule has 1 N–H and O–H groups in total. The van der Waals surface area contributed by atoms with E-state index in [0.717, 1.165) is 5.56 Å². The Morgan fingerprint density at radius 1 is 1.00 bits per heavy atom. The van der Waals surface area contributed by atoms with Gasteiger partial charge in [-0.3, -0.25) is 4.79 Å². The van der Waals surface area contributed by atoms with E-state index < -0.39 is 5.97 Å². The molecule has 0 heterocycles. The van der Waals surface area contributed by atoms with Crippen LogP contribution in [-0.2, 0) is 4.79 Å². The number of amides is 1. The van der Waals surface area contributed by atoms with Gasteiger partial charge in [-0.25, -0.2) is 10.2 Å². The Bertz CT molecular complexity index is 706. The van der Waals surface area contributed by atoms with E-state index in [0.29, 0.717) is 17.1 Å². The highest BCUT2D eigenvalue weighted by atomic mass is 16.5. The van der Waals surface area contributed by atoms with Crippen molar-refractivity contribution in [3.63, 3.8) is 0 Å². The maximum absolute atomic E-state index is 12.0. The second kappa shape index (κ2) is 7.74. The largest absolute Gasteiger partial charge is 0.497 e. The van der Waals surface area contributed by atoms with Crippen molar-refractivity contribution >= 4 is 18.1 Å². The molecule has 6 nitrogen and oxygen atoms in total. The lowest BCUT2D eigenvalue weighted by molar-refractivity contribution is -0.118. The number of rotatable bonds is 5. The molecular weight excluding hydrogens is 296 g/mol. The first-order valence-corrected chi connectivity index (χ1v) is 6.84. The molecule has 0 aliphatic rings. The van der Waals surface area contributed by atoms with Gasteiger partial charge in [0, 0.05) is 6.92 Å². The summed E-state index contributed by atoms with van der Waals surface area (Å²) in [5, 5.41) is 3.75. The van der Waals surface area contributed by atoms with E-state index in [1.807, 2.05) is 0 Å². The zero-order valence-corrected chi connectivity index (χ0v) is 12.8. The summed E-state index contributed by atoms with van der Waals surface area (Å²) in [7, 11) is 1.56. The highest BCUT2D eigenvalue weighted by Crippen LogP contribution is 2.16. The molecule has 2 aromatic carbocycles. The molecule has 0 aliphatic carbocycles. The van der Waals surface area contributed by atoms with Crippen LogP contribution in [0, 0.1) is 0 Å². The van der Waals surface area contributed by atoms with Crippen molar-refractivity contribution in [3.8, 4) is 11.5 Å². The molecule has 23 heavy (non-hydrogen) atoms. The SMILES string of the molecule is COc1ccc(C(=O)Oc2ccc(/C=N/NC(C)=O)cc2)cc1. The van der Waals surface area contributed by atoms with E-state index >= 15 is 0 Å². The van der Waals surface area contributed by atoms with Gasteiger partial charge < -0.3 is 9.47 Å². The van der Waals surface area contributed by atoms with Crippen molar-refractivity contribution in [2.24, 2.45) is 5.10 Å². The van der Waals surface area contributed by atoms with E-state index in [2.05, 4.69) is 10.5 Å². The fourth-order valence-corrected chi connectivity index (χ4v) is 1.71. The fraction of sp³-hybridized carbons (Fsp3) is 0.118. The maximum atomic E-state index is 12.0. The topological polar surface area (TPSA) is 77.0 Å². The summed E-state index contributed by atoms with van der Waals surface area (Å²) in [4.78, 5) is 22.7. The molecule has 0 saturated heterocycles. The summed E-state index contributed by atoms with van der Waals surface area (Å²) < 4.78 is 10.3. The number of hydrogen-bond donors (Lipinski definition) is 1. The minimum atomic E-state index is -0.452. The molecule has 0 aromatic heterocycles. The third-order valence-corrected chi connectivity index (χ3v) is 2.85. The van der Waals surface area contributed by atoms with Crippen LogP contribution in [0.25, 0.3) is 0 Å². The van der Waals surface area contributed by atoms with E-state index in [4.69, 9.17) is 9.47 Å². The first-order chi connectivity index (χ1) is 11.1. The lowest BCUT2D eigenvalue weighted by atomic mass is 10.2. The number of nitrogens with zero attached hydrogens (tertiary/aromatic N) is 1. The Morgan fingerprint density at radius 3 is 2.17 bits per heavy atom. The normalized spacial score (nSPS) is 10.3. The average Bonchev–Trinajstić information content (AvgIpc) is 2.56. The van der Waals surface area contributed by atoms with Gasteiger partial charge in [-0.2, -0.15) is 5.10 Å². The lowest BCUT2D eigenvalue weighted by Crippen LogP contribution is -2.12. The number of methoxy groups -OCH3 is 1. The smallest absolute Gasteiger partial charge is 0.343 e. The first-order valence-electron chi connectivity index (χ1n) is 6.84. The molecule has 6 heteroatoms. The molecule has 0 atom stereocenters. The summed E-state index contributed by atoms with van der Waals surface area (Å²) in [6.07, 6.45) is 1.50. The Labute approximate surface area is 133 Å². The Morgan fingerprint density at radius 2 is 1.61 bits per heavy atom. The van der Waals surface area contributed by atoms with E-state index in [-0.39, 0.29) is 5.91 Å². The van der Waals surface area contributed by atoms with Gasteiger partial charge >= 0.3 is 5.97 Å². The molecule has 1 amide bonds. The number of carbonyl (C=O) groups is 2. The molecular formula is C17H16N2O4. The molecule has 0 fully saturated rings. The van der Waals surface area contributed by atoms with E-state index in [9.17, 15) is 9.59 Å². The van der Waals surface area contributed by atoms with Gasteiger partial charge in [0.25, 0.3) is 0 Å². The van der Waals surface area contributed by atoms with Crippen LogP contribution in [0.1, 0.15) is 22.8 Å². The maximum Gasteiger partial charge on any atom is 0.343 e. The molecule has 2 rings (SSSR count). The zero-order valence-electron chi connectivity index (χ0n) is 12.8. The van der Waals surface area contributed by atoms with Crippen molar-refractivity contribution in [2.45, 2.75) is 6.92 Å². The number of hydrazone groups is 1. The number of hydrogen-bond acceptors (Lipinski definition) is 5. The number of benzene rings is 2. The van der Waals surface area contributed by atoms with Crippen molar-refractivity contribution in [1.29, 1.82) is 0 Å². The number of ether oxygens (including phenoxy) is 2. The van der Waals surface area contributed by atoms with Crippen molar-refractivity contribution in [1.82, 2.24) is 5.43 Å². The molecule has 2 aromatic rings. The predicted octanol–water partition coefficient (Wildman–Crippen LogP) is 2.38. The Balaban J connectivity index is 1.98. The number of nitrogens with one attached hydrogen (secondary N) is 1. The molecule has 0 unspecified atom stereocenters. The van der Waals surface area contributed by atoms with E-state index in [1.54, 1.807) is 55.6 Å². The lowest BCUT2D eigenvalue weighted by Gasteiger charge is -2.05. The van der Waals surface area contributed by atoms with Crippen LogP contribution in [0.4, 0.5) is 0 Å². The van der Waals surface area contributed by atoms with Gasteiger partial charge in [0.2, 0.25) is 5.91 Å². The van der Waals surface area contributed by atoms with Crippen molar-refractivity contribution < 1.29 is 19.1 Å². The Hall–Kier alpha value is -3.15. The quantitative estimate of drug-likeness (QED) is 0.398. The third kappa shape index (κ3) is 4.96. The van der Waals surface area contributed by atoms with Crippen LogP contribution in [0.3, 0.4) is 0 Å². The van der Waals surface area contributed by atoms with Crippen LogP contribution < -0.4 is 14.9 Å². The van der Waals surface area contributed by atoms with Gasteiger partial charge in [-0.1, -0.05) is 0 Å².